The Bertz CT molecular complexity index is 1070. The lowest BCUT2D eigenvalue weighted by molar-refractivity contribution is 0.0209. The standard InChI is InChI=1S/C22H25BrN4O2S/c1-16-3-4-17(2)20(13-16)27-21(14-29-19-7-5-18(23)6-8-19)24-26(22(27)30)15-25-9-11-28-12-10-25/h3-8,13H,9-12,14-15H2,1-2H3. The van der Waals surface area contributed by atoms with Crippen LogP contribution in [0.2, 0.25) is 0 Å². The van der Waals surface area contributed by atoms with E-state index in [9.17, 15) is 0 Å². The lowest BCUT2D eigenvalue weighted by Gasteiger charge is -2.26. The molecule has 2 heterocycles. The molecule has 3 aromatic rings. The Morgan fingerprint density at radius 3 is 2.57 bits per heavy atom. The first-order chi connectivity index (χ1) is 14.5. The molecule has 1 fully saturated rings. The second-order valence-corrected chi connectivity index (χ2v) is 8.72. The van der Waals surface area contributed by atoms with Gasteiger partial charge in [0.05, 0.1) is 25.6 Å². The van der Waals surface area contributed by atoms with E-state index in [1.807, 2.05) is 33.5 Å². The molecule has 0 radical (unpaired) electrons. The first-order valence-electron chi connectivity index (χ1n) is 9.96. The van der Waals surface area contributed by atoms with Crippen molar-refractivity contribution < 1.29 is 9.47 Å². The molecular formula is C22H25BrN4O2S. The van der Waals surface area contributed by atoms with Gasteiger partial charge in [0.15, 0.2) is 5.82 Å². The maximum Gasteiger partial charge on any atom is 0.203 e. The molecule has 1 saturated heterocycles. The Hall–Kier alpha value is -2.00. The first-order valence-corrected chi connectivity index (χ1v) is 11.2. The highest BCUT2D eigenvalue weighted by atomic mass is 79.9. The van der Waals surface area contributed by atoms with Gasteiger partial charge < -0.3 is 9.47 Å². The van der Waals surface area contributed by atoms with Gasteiger partial charge in [0.2, 0.25) is 4.77 Å². The predicted molar refractivity (Wildman–Crippen MR) is 123 cm³/mol. The van der Waals surface area contributed by atoms with Gasteiger partial charge in [0.25, 0.3) is 0 Å². The summed E-state index contributed by atoms with van der Waals surface area (Å²) in [6, 6.07) is 14.2. The van der Waals surface area contributed by atoms with Crippen LogP contribution in [0.3, 0.4) is 0 Å². The van der Waals surface area contributed by atoms with E-state index in [4.69, 9.17) is 26.8 Å². The topological polar surface area (TPSA) is 44.5 Å². The fourth-order valence-corrected chi connectivity index (χ4v) is 4.02. The van der Waals surface area contributed by atoms with E-state index in [2.05, 4.69) is 52.9 Å². The first kappa shape index (κ1) is 21.2. The Morgan fingerprint density at radius 2 is 1.83 bits per heavy atom. The smallest absolute Gasteiger partial charge is 0.203 e. The van der Waals surface area contributed by atoms with Crippen molar-refractivity contribution >= 4 is 28.1 Å². The zero-order valence-corrected chi connectivity index (χ0v) is 19.6. The number of halogens is 1. The summed E-state index contributed by atoms with van der Waals surface area (Å²) in [6.45, 7) is 8.39. The SMILES string of the molecule is Cc1ccc(C)c(-n2c(COc3ccc(Br)cc3)nn(CN3CCOCC3)c2=S)c1. The fraction of sp³-hybridized carbons (Fsp3) is 0.364. The van der Waals surface area contributed by atoms with Crippen LogP contribution in [-0.4, -0.2) is 45.6 Å². The number of ether oxygens (including phenoxy) is 2. The molecule has 6 nitrogen and oxygen atoms in total. The van der Waals surface area contributed by atoms with Gasteiger partial charge in [-0.1, -0.05) is 28.1 Å². The van der Waals surface area contributed by atoms with Crippen molar-refractivity contribution in [2.24, 2.45) is 0 Å². The summed E-state index contributed by atoms with van der Waals surface area (Å²) in [7, 11) is 0. The number of hydrogen-bond donors (Lipinski definition) is 0. The Morgan fingerprint density at radius 1 is 1.10 bits per heavy atom. The minimum absolute atomic E-state index is 0.328. The zero-order valence-electron chi connectivity index (χ0n) is 17.2. The molecule has 1 aliphatic rings. The summed E-state index contributed by atoms with van der Waals surface area (Å²) in [5.74, 6) is 1.57. The number of nitrogens with zero attached hydrogens (tertiary/aromatic N) is 4. The lowest BCUT2D eigenvalue weighted by Crippen LogP contribution is -2.37. The number of aryl methyl sites for hydroxylation is 2. The summed E-state index contributed by atoms with van der Waals surface area (Å²) < 4.78 is 17.1. The highest BCUT2D eigenvalue weighted by Gasteiger charge is 2.18. The summed E-state index contributed by atoms with van der Waals surface area (Å²) >= 11 is 9.31. The van der Waals surface area contributed by atoms with E-state index in [1.54, 1.807) is 0 Å². The third kappa shape index (κ3) is 4.83. The minimum atomic E-state index is 0.328. The predicted octanol–water partition coefficient (Wildman–Crippen LogP) is 4.65. The molecular weight excluding hydrogens is 464 g/mol. The van der Waals surface area contributed by atoms with Gasteiger partial charge >= 0.3 is 0 Å². The van der Waals surface area contributed by atoms with E-state index >= 15 is 0 Å². The zero-order chi connectivity index (χ0) is 21.1. The second-order valence-electron chi connectivity index (χ2n) is 7.44. The quantitative estimate of drug-likeness (QED) is 0.472. The van der Waals surface area contributed by atoms with Crippen LogP contribution in [0.15, 0.2) is 46.9 Å². The monoisotopic (exact) mass is 488 g/mol. The molecule has 30 heavy (non-hydrogen) atoms. The third-order valence-electron chi connectivity index (χ3n) is 5.13. The molecule has 0 saturated carbocycles. The molecule has 0 bridgehead atoms. The molecule has 0 spiro atoms. The van der Waals surface area contributed by atoms with Gasteiger partial charge in [0.1, 0.15) is 12.4 Å². The van der Waals surface area contributed by atoms with Crippen LogP contribution in [0.1, 0.15) is 17.0 Å². The van der Waals surface area contributed by atoms with Crippen molar-refractivity contribution in [3.63, 3.8) is 0 Å². The average Bonchev–Trinajstić information content (AvgIpc) is 3.05. The Balaban J connectivity index is 1.68. The van der Waals surface area contributed by atoms with Crippen molar-refractivity contribution in [1.29, 1.82) is 0 Å². The molecule has 0 aliphatic carbocycles. The van der Waals surface area contributed by atoms with E-state index in [0.29, 0.717) is 18.0 Å². The molecule has 2 aromatic carbocycles. The van der Waals surface area contributed by atoms with Crippen LogP contribution in [0.25, 0.3) is 5.69 Å². The van der Waals surface area contributed by atoms with Gasteiger partial charge in [-0.25, -0.2) is 4.68 Å². The molecule has 0 atom stereocenters. The fourth-order valence-electron chi connectivity index (χ4n) is 3.45. The third-order valence-corrected chi connectivity index (χ3v) is 6.05. The van der Waals surface area contributed by atoms with Crippen molar-refractivity contribution in [3.8, 4) is 11.4 Å². The second kappa shape index (κ2) is 9.43. The minimum Gasteiger partial charge on any atom is -0.486 e. The number of aromatic nitrogens is 3. The Kier molecular flexibility index (Phi) is 6.67. The van der Waals surface area contributed by atoms with E-state index < -0.39 is 0 Å². The van der Waals surface area contributed by atoms with Gasteiger partial charge in [-0.3, -0.25) is 9.47 Å². The number of hydrogen-bond acceptors (Lipinski definition) is 5. The largest absolute Gasteiger partial charge is 0.486 e. The van der Waals surface area contributed by atoms with E-state index in [-0.39, 0.29) is 0 Å². The summed E-state index contributed by atoms with van der Waals surface area (Å²) in [6.07, 6.45) is 0. The van der Waals surface area contributed by atoms with Crippen molar-refractivity contribution in [2.45, 2.75) is 27.1 Å². The number of benzene rings is 2. The number of morpholine rings is 1. The summed E-state index contributed by atoms with van der Waals surface area (Å²) in [5.41, 5.74) is 3.37. The van der Waals surface area contributed by atoms with Crippen LogP contribution < -0.4 is 4.74 Å². The highest BCUT2D eigenvalue weighted by Crippen LogP contribution is 2.22. The molecule has 1 aromatic heterocycles. The van der Waals surface area contributed by atoms with Crippen LogP contribution in [0.5, 0.6) is 5.75 Å². The molecule has 4 rings (SSSR count). The summed E-state index contributed by atoms with van der Waals surface area (Å²) in [4.78, 5) is 2.30. The molecule has 0 amide bonds. The van der Waals surface area contributed by atoms with Gasteiger partial charge in [-0.05, 0) is 67.5 Å². The van der Waals surface area contributed by atoms with Crippen LogP contribution in [0, 0.1) is 18.6 Å². The molecule has 158 valence electrons. The molecule has 0 unspecified atom stereocenters. The van der Waals surface area contributed by atoms with Gasteiger partial charge in [-0.15, -0.1) is 0 Å². The highest BCUT2D eigenvalue weighted by molar-refractivity contribution is 9.10. The van der Waals surface area contributed by atoms with Crippen molar-refractivity contribution in [3.05, 3.63) is 68.7 Å². The van der Waals surface area contributed by atoms with Crippen LogP contribution in [0.4, 0.5) is 0 Å². The maximum atomic E-state index is 6.04. The molecule has 1 aliphatic heterocycles. The lowest BCUT2D eigenvalue weighted by atomic mass is 10.1. The van der Waals surface area contributed by atoms with Crippen LogP contribution in [-0.2, 0) is 18.0 Å². The van der Waals surface area contributed by atoms with Crippen LogP contribution >= 0.6 is 28.1 Å². The van der Waals surface area contributed by atoms with E-state index in [0.717, 1.165) is 53.6 Å². The maximum absolute atomic E-state index is 6.04. The normalized spacial score (nSPS) is 14.8. The average molecular weight is 489 g/mol. The molecule has 8 heteroatoms. The molecule has 0 N–H and O–H groups in total. The van der Waals surface area contributed by atoms with Crippen molar-refractivity contribution in [2.75, 3.05) is 26.3 Å². The Labute approximate surface area is 190 Å². The van der Waals surface area contributed by atoms with Crippen molar-refractivity contribution in [1.82, 2.24) is 19.2 Å². The van der Waals surface area contributed by atoms with Gasteiger partial charge in [0, 0.05) is 17.6 Å². The summed E-state index contributed by atoms with van der Waals surface area (Å²) in [5, 5.41) is 4.84. The number of rotatable bonds is 6. The van der Waals surface area contributed by atoms with E-state index in [1.165, 1.54) is 5.56 Å². The van der Waals surface area contributed by atoms with Gasteiger partial charge in [-0.2, -0.15) is 5.10 Å².